The first-order valence-corrected chi connectivity index (χ1v) is 7.97. The van der Waals surface area contributed by atoms with Gasteiger partial charge in [-0.05, 0) is 18.8 Å². The third-order valence-electron chi connectivity index (χ3n) is 4.28. The molecule has 0 radical (unpaired) electrons. The Balaban J connectivity index is 2.16. The maximum atomic E-state index is 4.68. The van der Waals surface area contributed by atoms with Crippen LogP contribution in [0.4, 0.5) is 11.6 Å². The molecule has 2 N–H and O–H groups in total. The van der Waals surface area contributed by atoms with Crippen LogP contribution < -0.4 is 10.6 Å². The van der Waals surface area contributed by atoms with E-state index in [1.165, 1.54) is 32.1 Å². The highest BCUT2D eigenvalue weighted by atomic mass is 15.1. The fourth-order valence-electron chi connectivity index (χ4n) is 3.00. The van der Waals surface area contributed by atoms with Gasteiger partial charge in [-0.15, -0.1) is 0 Å². The Bertz CT molecular complexity index is 430. The Hall–Kier alpha value is -1.32. The number of nitrogens with zero attached hydrogens (tertiary/aromatic N) is 2. The van der Waals surface area contributed by atoms with Crippen molar-refractivity contribution in [2.45, 2.75) is 64.8 Å². The van der Waals surface area contributed by atoms with E-state index in [9.17, 15) is 0 Å². The van der Waals surface area contributed by atoms with Gasteiger partial charge in [0.2, 0.25) is 0 Å². The Morgan fingerprint density at radius 1 is 1.20 bits per heavy atom. The molecule has 1 aliphatic carbocycles. The molecule has 1 heterocycles. The molecule has 4 nitrogen and oxygen atoms in total. The first kappa shape index (κ1) is 15.1. The summed E-state index contributed by atoms with van der Waals surface area (Å²) in [5.74, 6) is 3.90. The van der Waals surface area contributed by atoms with Crippen molar-refractivity contribution in [3.05, 3.63) is 11.9 Å². The van der Waals surface area contributed by atoms with Crippen LogP contribution >= 0.6 is 0 Å². The van der Waals surface area contributed by atoms with E-state index in [0.717, 1.165) is 23.4 Å². The zero-order chi connectivity index (χ0) is 14.5. The predicted octanol–water partition coefficient (Wildman–Crippen LogP) is 4.02. The van der Waals surface area contributed by atoms with Crippen molar-refractivity contribution in [2.24, 2.45) is 5.92 Å². The summed E-state index contributed by atoms with van der Waals surface area (Å²) in [6.07, 6.45) is 6.55. The predicted molar refractivity (Wildman–Crippen MR) is 85.3 cm³/mol. The lowest BCUT2D eigenvalue weighted by Gasteiger charge is -2.32. The number of hydrogen-bond donors (Lipinski definition) is 2. The van der Waals surface area contributed by atoms with Gasteiger partial charge in [-0.3, -0.25) is 0 Å². The van der Waals surface area contributed by atoms with E-state index in [1.54, 1.807) is 0 Å². The largest absolute Gasteiger partial charge is 0.373 e. The highest BCUT2D eigenvalue weighted by Gasteiger charge is 2.24. The van der Waals surface area contributed by atoms with Gasteiger partial charge in [0.05, 0.1) is 0 Å². The van der Waals surface area contributed by atoms with Crippen molar-refractivity contribution < 1.29 is 0 Å². The van der Waals surface area contributed by atoms with Crippen LogP contribution in [0.25, 0.3) is 0 Å². The number of hydrogen-bond acceptors (Lipinski definition) is 4. The summed E-state index contributed by atoms with van der Waals surface area (Å²) in [5.41, 5.74) is 0. The Kier molecular flexibility index (Phi) is 5.21. The molecule has 20 heavy (non-hydrogen) atoms. The van der Waals surface area contributed by atoms with Crippen molar-refractivity contribution in [1.82, 2.24) is 9.97 Å². The molecule has 1 aromatic rings. The normalized spacial score (nSPS) is 22.9. The number of aromatic nitrogens is 2. The second kappa shape index (κ2) is 6.91. The van der Waals surface area contributed by atoms with Crippen LogP contribution in [0.15, 0.2) is 6.07 Å². The van der Waals surface area contributed by atoms with E-state index in [1.807, 2.05) is 13.1 Å². The van der Waals surface area contributed by atoms with Gasteiger partial charge in [-0.2, -0.15) is 0 Å². The molecule has 1 aromatic heterocycles. The molecule has 0 bridgehead atoms. The Morgan fingerprint density at radius 2 is 1.90 bits per heavy atom. The van der Waals surface area contributed by atoms with Crippen LogP contribution in [0.5, 0.6) is 0 Å². The van der Waals surface area contributed by atoms with Gasteiger partial charge < -0.3 is 10.6 Å². The molecule has 112 valence electrons. The molecular formula is C16H28N4. The van der Waals surface area contributed by atoms with Gasteiger partial charge in [-0.1, -0.05) is 40.0 Å². The quantitative estimate of drug-likeness (QED) is 0.852. The minimum absolute atomic E-state index is 0.345. The summed E-state index contributed by atoms with van der Waals surface area (Å²) in [7, 11) is 1.91. The average molecular weight is 276 g/mol. The summed E-state index contributed by atoms with van der Waals surface area (Å²) < 4.78 is 0. The lowest BCUT2D eigenvalue weighted by molar-refractivity contribution is 0.316. The van der Waals surface area contributed by atoms with E-state index in [4.69, 9.17) is 0 Å². The van der Waals surface area contributed by atoms with Crippen LogP contribution in [-0.2, 0) is 0 Å². The van der Waals surface area contributed by atoms with Gasteiger partial charge in [0, 0.05) is 25.1 Å². The average Bonchev–Trinajstić information content (AvgIpc) is 2.47. The van der Waals surface area contributed by atoms with Crippen LogP contribution in [0.1, 0.15) is 64.6 Å². The molecule has 4 heteroatoms. The molecule has 2 unspecified atom stereocenters. The van der Waals surface area contributed by atoms with E-state index in [0.29, 0.717) is 12.0 Å². The van der Waals surface area contributed by atoms with E-state index < -0.39 is 0 Å². The molecule has 2 atom stereocenters. The zero-order valence-electron chi connectivity index (χ0n) is 13.2. The summed E-state index contributed by atoms with van der Waals surface area (Å²) >= 11 is 0. The van der Waals surface area contributed by atoms with Gasteiger partial charge in [0.15, 0.2) is 0 Å². The monoisotopic (exact) mass is 276 g/mol. The molecule has 1 saturated carbocycles. The highest BCUT2D eigenvalue weighted by molar-refractivity contribution is 5.48. The first-order chi connectivity index (χ1) is 9.63. The van der Waals surface area contributed by atoms with Crippen molar-refractivity contribution in [1.29, 1.82) is 0 Å². The fraction of sp³-hybridized carbons (Fsp3) is 0.750. The van der Waals surface area contributed by atoms with Crippen molar-refractivity contribution >= 4 is 11.6 Å². The third kappa shape index (κ3) is 3.62. The van der Waals surface area contributed by atoms with Gasteiger partial charge in [-0.25, -0.2) is 9.97 Å². The van der Waals surface area contributed by atoms with Crippen molar-refractivity contribution in [2.75, 3.05) is 17.7 Å². The van der Waals surface area contributed by atoms with E-state index in [-0.39, 0.29) is 0 Å². The summed E-state index contributed by atoms with van der Waals surface area (Å²) in [6.45, 7) is 6.56. The maximum Gasteiger partial charge on any atom is 0.135 e. The highest BCUT2D eigenvalue weighted by Crippen LogP contribution is 2.29. The molecule has 0 aliphatic heterocycles. The second-order valence-electron chi connectivity index (χ2n) is 6.10. The maximum absolute atomic E-state index is 4.68. The first-order valence-electron chi connectivity index (χ1n) is 7.97. The van der Waals surface area contributed by atoms with E-state index >= 15 is 0 Å². The van der Waals surface area contributed by atoms with Crippen LogP contribution in [0.2, 0.25) is 0 Å². The van der Waals surface area contributed by atoms with Crippen molar-refractivity contribution in [3.63, 3.8) is 0 Å². The van der Waals surface area contributed by atoms with Crippen LogP contribution in [0.3, 0.4) is 0 Å². The zero-order valence-corrected chi connectivity index (χ0v) is 13.2. The van der Waals surface area contributed by atoms with Gasteiger partial charge in [0.1, 0.15) is 17.5 Å². The van der Waals surface area contributed by atoms with Crippen LogP contribution in [0, 0.1) is 5.92 Å². The van der Waals surface area contributed by atoms with Gasteiger partial charge in [0.25, 0.3) is 0 Å². The summed E-state index contributed by atoms with van der Waals surface area (Å²) in [4.78, 5) is 9.20. The summed E-state index contributed by atoms with van der Waals surface area (Å²) in [5, 5.41) is 6.79. The number of rotatable bonds is 5. The molecule has 0 saturated heterocycles. The molecule has 2 rings (SSSR count). The lowest BCUT2D eigenvalue weighted by atomic mass is 9.83. The van der Waals surface area contributed by atoms with E-state index in [2.05, 4.69) is 41.4 Å². The molecule has 0 amide bonds. The third-order valence-corrected chi connectivity index (χ3v) is 4.28. The smallest absolute Gasteiger partial charge is 0.135 e. The lowest BCUT2D eigenvalue weighted by Crippen LogP contribution is -2.32. The minimum atomic E-state index is 0.345. The topological polar surface area (TPSA) is 49.8 Å². The fourth-order valence-corrected chi connectivity index (χ4v) is 3.00. The SMILES string of the molecule is CCC1CCCCC1Nc1cc(NC)nc(C(C)C)n1. The second-order valence-corrected chi connectivity index (χ2v) is 6.10. The molecule has 1 aliphatic rings. The number of nitrogens with one attached hydrogen (secondary N) is 2. The number of anilines is 2. The standard InChI is InChI=1S/C16H28N4/c1-5-12-8-6-7-9-13(12)18-15-10-14(17-4)19-16(20-15)11(2)3/h10-13H,5-9H2,1-4H3,(H2,17,18,19,20). The Morgan fingerprint density at radius 3 is 2.55 bits per heavy atom. The molecule has 0 spiro atoms. The Labute approximate surface area is 122 Å². The molecule has 1 fully saturated rings. The minimum Gasteiger partial charge on any atom is -0.373 e. The molecule has 0 aromatic carbocycles. The molecular weight excluding hydrogens is 248 g/mol. The van der Waals surface area contributed by atoms with Gasteiger partial charge >= 0.3 is 0 Å². The summed E-state index contributed by atoms with van der Waals surface area (Å²) in [6, 6.07) is 2.58. The van der Waals surface area contributed by atoms with Crippen molar-refractivity contribution in [3.8, 4) is 0 Å². The van der Waals surface area contributed by atoms with Crippen LogP contribution in [-0.4, -0.2) is 23.1 Å².